The van der Waals surface area contributed by atoms with Gasteiger partial charge in [-0.2, -0.15) is 0 Å². The maximum Gasteiger partial charge on any atom is 0.307 e. The van der Waals surface area contributed by atoms with Crippen molar-refractivity contribution in [1.29, 1.82) is 0 Å². The second-order valence-electron chi connectivity index (χ2n) is 4.80. The molecule has 0 aliphatic rings. The van der Waals surface area contributed by atoms with E-state index in [1.807, 2.05) is 0 Å². The van der Waals surface area contributed by atoms with Gasteiger partial charge in [-0.1, -0.05) is 35.3 Å². The number of amides is 1. The summed E-state index contributed by atoms with van der Waals surface area (Å²) in [7, 11) is 0. The van der Waals surface area contributed by atoms with Crippen LogP contribution in [0.3, 0.4) is 0 Å². The van der Waals surface area contributed by atoms with Gasteiger partial charge in [0.15, 0.2) is 0 Å². The molecule has 0 heterocycles. The predicted octanol–water partition coefficient (Wildman–Crippen LogP) is 3.86. The second-order valence-corrected chi connectivity index (χ2v) is 5.67. The maximum absolute atomic E-state index is 11.8. The number of ether oxygens (including phenoxy) is 1. The van der Waals surface area contributed by atoms with Crippen molar-refractivity contribution < 1.29 is 14.3 Å². The highest BCUT2D eigenvalue weighted by Gasteiger charge is 2.07. The minimum atomic E-state index is -0.378. The number of carbonyl (C=O) groups excluding carboxylic acids is 2. The maximum atomic E-state index is 11.8. The lowest BCUT2D eigenvalue weighted by molar-refractivity contribution is -0.144. The number of halogens is 2. The van der Waals surface area contributed by atoms with Crippen molar-refractivity contribution >= 4 is 35.1 Å². The van der Waals surface area contributed by atoms with Gasteiger partial charge in [-0.3, -0.25) is 9.59 Å². The number of hydrogen-bond acceptors (Lipinski definition) is 3. The molecule has 0 spiro atoms. The monoisotopic (exact) mass is 351 g/mol. The molecule has 0 unspecified atom stereocenters. The van der Waals surface area contributed by atoms with E-state index in [0.717, 1.165) is 5.56 Å². The average Bonchev–Trinajstić information content (AvgIpc) is 2.55. The molecule has 0 aliphatic carbocycles. The lowest BCUT2D eigenvalue weighted by Crippen LogP contribution is -2.26. The summed E-state index contributed by atoms with van der Waals surface area (Å²) in [6, 6.07) is 13.6. The van der Waals surface area contributed by atoms with Gasteiger partial charge in [0.05, 0.1) is 6.42 Å². The van der Waals surface area contributed by atoms with Gasteiger partial charge in [0, 0.05) is 22.2 Å². The van der Waals surface area contributed by atoms with E-state index in [1.54, 1.807) is 48.5 Å². The molecule has 0 atom stereocenters. The van der Waals surface area contributed by atoms with Crippen LogP contribution in [0.25, 0.3) is 0 Å². The number of hydrogen-bond donors (Lipinski definition) is 1. The number of rotatable bonds is 6. The first-order chi connectivity index (χ1) is 11.0. The molecule has 4 nitrogen and oxygen atoms in total. The van der Waals surface area contributed by atoms with E-state index >= 15 is 0 Å². The molecule has 2 rings (SSSR count). The Bertz CT molecular complexity index is 669. The second kappa shape index (κ2) is 8.56. The van der Waals surface area contributed by atoms with Crippen molar-refractivity contribution in [3.63, 3.8) is 0 Å². The lowest BCUT2D eigenvalue weighted by Gasteiger charge is -2.07. The molecule has 6 heteroatoms. The number of carbonyl (C=O) groups is 2. The smallest absolute Gasteiger partial charge is 0.307 e. The van der Waals surface area contributed by atoms with Crippen LogP contribution < -0.4 is 5.32 Å². The first-order valence-corrected chi connectivity index (χ1v) is 7.74. The van der Waals surface area contributed by atoms with Gasteiger partial charge in [0.25, 0.3) is 5.91 Å². The van der Waals surface area contributed by atoms with E-state index in [1.165, 1.54) is 0 Å². The molecule has 0 bridgehead atoms. The van der Waals surface area contributed by atoms with Gasteiger partial charge in [-0.25, -0.2) is 0 Å². The Kier molecular flexibility index (Phi) is 6.44. The molecule has 1 N–H and O–H groups in total. The summed E-state index contributed by atoms with van der Waals surface area (Å²) in [4.78, 5) is 23.5. The third-order valence-electron chi connectivity index (χ3n) is 3.03. The summed E-state index contributed by atoms with van der Waals surface area (Å²) in [6.07, 6.45) is 0.104. The third-order valence-corrected chi connectivity index (χ3v) is 3.54. The van der Waals surface area contributed by atoms with Crippen LogP contribution in [0.4, 0.5) is 0 Å². The third kappa shape index (κ3) is 5.93. The Balaban J connectivity index is 1.69. The van der Waals surface area contributed by atoms with Crippen LogP contribution in [0.2, 0.25) is 10.0 Å². The van der Waals surface area contributed by atoms with Crippen LogP contribution in [0.15, 0.2) is 48.5 Å². The molecule has 0 aromatic heterocycles. The van der Waals surface area contributed by atoms with Crippen LogP contribution in [-0.4, -0.2) is 18.4 Å². The fourth-order valence-electron chi connectivity index (χ4n) is 1.80. The molecule has 0 fully saturated rings. The SMILES string of the molecule is O=C(CCNC(=O)c1ccc(Cl)cc1)OCc1ccc(Cl)cc1. The van der Waals surface area contributed by atoms with Gasteiger partial charge < -0.3 is 10.1 Å². The minimum absolute atomic E-state index is 0.104. The fourth-order valence-corrected chi connectivity index (χ4v) is 2.05. The van der Waals surface area contributed by atoms with Crippen molar-refractivity contribution in [3.05, 3.63) is 69.7 Å². The van der Waals surface area contributed by atoms with E-state index in [9.17, 15) is 9.59 Å². The molecular formula is C17H15Cl2NO3. The van der Waals surface area contributed by atoms with Gasteiger partial charge in [-0.05, 0) is 42.0 Å². The Hall–Kier alpha value is -2.04. The van der Waals surface area contributed by atoms with Crippen molar-refractivity contribution in [3.8, 4) is 0 Å². The normalized spacial score (nSPS) is 10.2. The summed E-state index contributed by atoms with van der Waals surface area (Å²) < 4.78 is 5.12. The largest absolute Gasteiger partial charge is 0.461 e. The van der Waals surface area contributed by atoms with E-state index in [0.29, 0.717) is 15.6 Å². The molecular weight excluding hydrogens is 337 g/mol. The van der Waals surface area contributed by atoms with Crippen molar-refractivity contribution in [2.75, 3.05) is 6.54 Å². The zero-order valence-corrected chi connectivity index (χ0v) is 13.7. The molecule has 0 aliphatic heterocycles. The highest BCUT2D eigenvalue weighted by atomic mass is 35.5. The lowest BCUT2D eigenvalue weighted by atomic mass is 10.2. The van der Waals surface area contributed by atoms with Crippen molar-refractivity contribution in [2.24, 2.45) is 0 Å². The first-order valence-electron chi connectivity index (χ1n) is 6.98. The topological polar surface area (TPSA) is 55.4 Å². The molecule has 0 saturated heterocycles. The highest BCUT2D eigenvalue weighted by molar-refractivity contribution is 6.30. The van der Waals surface area contributed by atoms with Gasteiger partial charge in [0.2, 0.25) is 0 Å². The molecule has 1 amide bonds. The molecule has 2 aromatic rings. The van der Waals surface area contributed by atoms with E-state index in [4.69, 9.17) is 27.9 Å². The average molecular weight is 352 g/mol. The zero-order valence-electron chi connectivity index (χ0n) is 12.2. The Labute approximate surface area is 144 Å². The van der Waals surface area contributed by atoms with Crippen LogP contribution in [0, 0.1) is 0 Å². The zero-order chi connectivity index (χ0) is 16.7. The van der Waals surface area contributed by atoms with Crippen LogP contribution in [-0.2, 0) is 16.1 Å². The fraction of sp³-hybridized carbons (Fsp3) is 0.176. The van der Waals surface area contributed by atoms with Crippen LogP contribution in [0.5, 0.6) is 0 Å². The number of esters is 1. The summed E-state index contributed by atoms with van der Waals surface area (Å²) in [5, 5.41) is 3.85. The van der Waals surface area contributed by atoms with Crippen LogP contribution in [0.1, 0.15) is 22.3 Å². The summed E-state index contributed by atoms with van der Waals surface area (Å²) in [5.74, 6) is -0.636. The highest BCUT2D eigenvalue weighted by Crippen LogP contribution is 2.11. The van der Waals surface area contributed by atoms with E-state index in [-0.39, 0.29) is 31.4 Å². The Morgan fingerprint density at radius 3 is 2.09 bits per heavy atom. The van der Waals surface area contributed by atoms with Gasteiger partial charge in [-0.15, -0.1) is 0 Å². The Morgan fingerprint density at radius 1 is 0.913 bits per heavy atom. The summed E-state index contributed by atoms with van der Waals surface area (Å²) in [6.45, 7) is 0.391. The molecule has 0 saturated carbocycles. The molecule has 120 valence electrons. The van der Waals surface area contributed by atoms with Gasteiger partial charge >= 0.3 is 5.97 Å². The Morgan fingerprint density at radius 2 is 1.48 bits per heavy atom. The predicted molar refractivity (Wildman–Crippen MR) is 89.7 cm³/mol. The van der Waals surface area contributed by atoms with Crippen LogP contribution >= 0.6 is 23.2 Å². The number of nitrogens with one attached hydrogen (secondary N) is 1. The molecule has 2 aromatic carbocycles. The molecule has 0 radical (unpaired) electrons. The first kappa shape index (κ1) is 17.3. The number of benzene rings is 2. The quantitative estimate of drug-likeness (QED) is 0.804. The molecule has 23 heavy (non-hydrogen) atoms. The summed E-state index contributed by atoms with van der Waals surface area (Å²) >= 11 is 11.5. The van der Waals surface area contributed by atoms with E-state index < -0.39 is 0 Å². The standard InChI is InChI=1S/C17H15Cl2NO3/c18-14-5-1-12(2-6-14)11-23-16(21)9-10-20-17(22)13-3-7-15(19)8-4-13/h1-8H,9-11H2,(H,20,22). The van der Waals surface area contributed by atoms with E-state index in [2.05, 4.69) is 5.32 Å². The van der Waals surface area contributed by atoms with Crippen molar-refractivity contribution in [2.45, 2.75) is 13.0 Å². The van der Waals surface area contributed by atoms with Crippen molar-refractivity contribution in [1.82, 2.24) is 5.32 Å². The summed E-state index contributed by atoms with van der Waals surface area (Å²) in [5.41, 5.74) is 1.34. The van der Waals surface area contributed by atoms with Gasteiger partial charge in [0.1, 0.15) is 6.61 Å². The minimum Gasteiger partial charge on any atom is -0.461 e.